The van der Waals surface area contributed by atoms with Gasteiger partial charge in [-0.2, -0.15) is 9.57 Å². The zero-order chi connectivity index (χ0) is 31.0. The van der Waals surface area contributed by atoms with Gasteiger partial charge in [0.25, 0.3) is 0 Å². The van der Waals surface area contributed by atoms with Crippen LogP contribution in [0, 0.1) is 22.7 Å². The summed E-state index contributed by atoms with van der Waals surface area (Å²) in [6, 6.07) is 16.6. The van der Waals surface area contributed by atoms with E-state index in [-0.39, 0.29) is 49.6 Å². The van der Waals surface area contributed by atoms with Gasteiger partial charge in [0.1, 0.15) is 11.9 Å². The monoisotopic (exact) mass is 615 g/mol. The van der Waals surface area contributed by atoms with Gasteiger partial charge in [0.15, 0.2) is 6.29 Å². The summed E-state index contributed by atoms with van der Waals surface area (Å²) in [5.74, 6) is 0.456. The topological polar surface area (TPSA) is 147 Å². The number of benzene rings is 2. The van der Waals surface area contributed by atoms with Crippen molar-refractivity contribution in [2.24, 2.45) is 11.3 Å². The maximum Gasteiger partial charge on any atom is 0.407 e. The number of nitrogens with zero attached hydrogens (tertiary/aromatic N) is 2. The van der Waals surface area contributed by atoms with Gasteiger partial charge >= 0.3 is 6.09 Å². The highest BCUT2D eigenvalue weighted by Crippen LogP contribution is 2.33. The summed E-state index contributed by atoms with van der Waals surface area (Å²) in [5, 5.41) is 23.5. The minimum atomic E-state index is -4.08. The molecule has 234 valence electrons. The van der Waals surface area contributed by atoms with Crippen molar-refractivity contribution in [3.8, 4) is 11.8 Å². The molecule has 43 heavy (non-hydrogen) atoms. The number of hydrogen-bond acceptors (Lipinski definition) is 9. The molecule has 2 heterocycles. The second kappa shape index (κ2) is 14.5. The molecule has 0 aliphatic carbocycles. The lowest BCUT2D eigenvalue weighted by molar-refractivity contribution is -0.0907. The molecule has 2 N–H and O–H groups in total. The number of alkyl carbamates (subject to hydrolysis) is 1. The molecule has 5 unspecified atom stereocenters. The number of aliphatic hydroxyl groups is 1. The highest BCUT2D eigenvalue weighted by molar-refractivity contribution is 7.89. The van der Waals surface area contributed by atoms with Gasteiger partial charge in [0.2, 0.25) is 10.0 Å². The summed E-state index contributed by atoms with van der Waals surface area (Å²) in [6.45, 7) is 4.27. The maximum atomic E-state index is 13.9. The first kappa shape index (κ1) is 32.7. The van der Waals surface area contributed by atoms with Gasteiger partial charge in [-0.3, -0.25) is 0 Å². The number of ether oxygens (including phenoxy) is 4. The van der Waals surface area contributed by atoms with Crippen LogP contribution in [0.3, 0.4) is 0 Å². The average molecular weight is 616 g/mol. The number of rotatable bonds is 14. The van der Waals surface area contributed by atoms with Crippen LogP contribution in [0.5, 0.6) is 5.75 Å². The van der Waals surface area contributed by atoms with Crippen LogP contribution in [0.4, 0.5) is 4.79 Å². The van der Waals surface area contributed by atoms with Crippen LogP contribution in [-0.4, -0.2) is 81.9 Å². The lowest BCUT2D eigenvalue weighted by Crippen LogP contribution is -2.52. The van der Waals surface area contributed by atoms with Crippen LogP contribution in [-0.2, 0) is 30.7 Å². The van der Waals surface area contributed by atoms with E-state index < -0.39 is 39.8 Å². The summed E-state index contributed by atoms with van der Waals surface area (Å²) in [4.78, 5) is 13.1. The Hall–Kier alpha value is -3.21. The van der Waals surface area contributed by atoms with Crippen molar-refractivity contribution in [3.63, 3.8) is 0 Å². The van der Waals surface area contributed by atoms with E-state index in [2.05, 4.69) is 11.4 Å². The van der Waals surface area contributed by atoms with Gasteiger partial charge in [-0.25, -0.2) is 13.2 Å². The molecule has 0 spiro atoms. The molecule has 2 aliphatic heterocycles. The Morgan fingerprint density at radius 2 is 1.91 bits per heavy atom. The van der Waals surface area contributed by atoms with E-state index in [1.165, 1.54) is 23.5 Å². The first-order valence-corrected chi connectivity index (χ1v) is 15.9. The maximum absolute atomic E-state index is 13.9. The Kier molecular flexibility index (Phi) is 11.0. The van der Waals surface area contributed by atoms with Gasteiger partial charge in [-0.15, -0.1) is 0 Å². The standard InChI is InChI=1S/C31H41N3O8S/c1-31(2,15-7-16-32)21-34(43(37,38)24-12-10-23(39-3)11-13-24)19-27(35)26(18-22-8-5-4-6-9-22)33-30(36)42-28-20-41-29-25(28)14-17-40-29/h4-6,8-13,25-29,35H,7,14-15,17-21H2,1-3H3,(H,33,36). The van der Waals surface area contributed by atoms with E-state index in [9.17, 15) is 18.3 Å². The van der Waals surface area contributed by atoms with Crippen molar-refractivity contribution in [1.29, 1.82) is 5.26 Å². The minimum Gasteiger partial charge on any atom is -0.497 e. The number of methoxy groups -OCH3 is 1. The SMILES string of the molecule is COc1ccc(S(=O)(=O)N(CC(O)C(Cc2ccccc2)NC(=O)OC2COC3OCCC23)CC(C)(C)CCC#N)cc1. The molecule has 11 nitrogen and oxygen atoms in total. The number of carbonyl (C=O) groups is 1. The molecule has 12 heteroatoms. The molecule has 2 fully saturated rings. The first-order chi connectivity index (χ1) is 20.5. The molecule has 1 amide bonds. The fourth-order valence-electron chi connectivity index (χ4n) is 5.45. The third kappa shape index (κ3) is 8.68. The van der Waals surface area contributed by atoms with Crippen molar-refractivity contribution in [1.82, 2.24) is 9.62 Å². The number of fused-ring (bicyclic) bond motifs is 1. The molecule has 0 bridgehead atoms. The lowest BCUT2D eigenvalue weighted by Gasteiger charge is -2.35. The minimum absolute atomic E-state index is 0.0399. The molecular formula is C31H41N3O8S. The highest BCUT2D eigenvalue weighted by Gasteiger charge is 2.44. The van der Waals surface area contributed by atoms with Crippen LogP contribution in [0.2, 0.25) is 0 Å². The molecular weight excluding hydrogens is 574 g/mol. The zero-order valence-electron chi connectivity index (χ0n) is 24.8. The van der Waals surface area contributed by atoms with E-state index in [1.54, 1.807) is 12.1 Å². The van der Waals surface area contributed by atoms with E-state index in [1.807, 2.05) is 44.2 Å². The highest BCUT2D eigenvalue weighted by atomic mass is 32.2. The Labute approximate surface area is 253 Å². The second-order valence-corrected chi connectivity index (χ2v) is 13.7. The summed E-state index contributed by atoms with van der Waals surface area (Å²) < 4.78 is 51.1. The summed E-state index contributed by atoms with van der Waals surface area (Å²) in [7, 11) is -2.59. The smallest absolute Gasteiger partial charge is 0.407 e. The molecule has 0 aromatic heterocycles. The predicted molar refractivity (Wildman–Crippen MR) is 158 cm³/mol. The molecule has 5 atom stereocenters. The molecule has 4 rings (SSSR count). The van der Waals surface area contributed by atoms with Crippen LogP contribution in [0.25, 0.3) is 0 Å². The van der Waals surface area contributed by atoms with Gasteiger partial charge in [0, 0.05) is 19.5 Å². The third-order valence-corrected chi connectivity index (χ3v) is 9.74. The van der Waals surface area contributed by atoms with Gasteiger partial charge in [-0.1, -0.05) is 44.2 Å². The number of nitrogens with one attached hydrogen (secondary N) is 1. The predicted octanol–water partition coefficient (Wildman–Crippen LogP) is 3.48. The van der Waals surface area contributed by atoms with Crippen molar-refractivity contribution in [2.45, 2.75) is 69.0 Å². The average Bonchev–Trinajstić information content (AvgIpc) is 3.61. The van der Waals surface area contributed by atoms with Gasteiger partial charge in [-0.05, 0) is 54.5 Å². The Balaban J connectivity index is 1.56. The number of hydrogen-bond donors (Lipinski definition) is 2. The first-order valence-electron chi connectivity index (χ1n) is 14.5. The molecule has 2 saturated heterocycles. The number of nitriles is 1. The number of carbonyl (C=O) groups excluding carboxylic acids is 1. The number of sulfonamides is 1. The van der Waals surface area contributed by atoms with Crippen LogP contribution in [0.1, 0.15) is 38.7 Å². The molecule has 2 aromatic carbocycles. The van der Waals surface area contributed by atoms with E-state index in [0.29, 0.717) is 18.8 Å². The fraction of sp³-hybridized carbons (Fsp3) is 0.548. The van der Waals surface area contributed by atoms with Crippen molar-refractivity contribution in [3.05, 3.63) is 60.2 Å². The molecule has 0 radical (unpaired) electrons. The Bertz CT molecular complexity index is 1350. The summed E-state index contributed by atoms with van der Waals surface area (Å²) in [6.07, 6.45) is -1.20. The molecule has 0 saturated carbocycles. The van der Waals surface area contributed by atoms with Gasteiger partial charge < -0.3 is 29.4 Å². The summed E-state index contributed by atoms with van der Waals surface area (Å²) >= 11 is 0. The normalized spacial score (nSPS) is 21.5. The van der Waals surface area contributed by atoms with E-state index >= 15 is 0 Å². The molecule has 2 aliphatic rings. The molecule has 2 aromatic rings. The third-order valence-electron chi connectivity index (χ3n) is 7.92. The van der Waals surface area contributed by atoms with E-state index in [4.69, 9.17) is 24.2 Å². The summed E-state index contributed by atoms with van der Waals surface area (Å²) in [5.41, 5.74) is 0.276. The van der Waals surface area contributed by atoms with Crippen molar-refractivity contribution < 1.29 is 37.3 Å². The van der Waals surface area contributed by atoms with Crippen LogP contribution in [0.15, 0.2) is 59.5 Å². The quantitative estimate of drug-likeness (QED) is 0.326. The van der Waals surface area contributed by atoms with Crippen LogP contribution >= 0.6 is 0 Å². The Morgan fingerprint density at radius 1 is 1.19 bits per heavy atom. The zero-order valence-corrected chi connectivity index (χ0v) is 25.7. The largest absolute Gasteiger partial charge is 0.497 e. The van der Waals surface area contributed by atoms with Gasteiger partial charge in [0.05, 0.1) is 49.4 Å². The lowest BCUT2D eigenvalue weighted by atomic mass is 9.88. The van der Waals surface area contributed by atoms with Crippen LogP contribution < -0.4 is 10.1 Å². The van der Waals surface area contributed by atoms with Crippen molar-refractivity contribution >= 4 is 16.1 Å². The van der Waals surface area contributed by atoms with Crippen molar-refractivity contribution in [2.75, 3.05) is 33.4 Å². The second-order valence-electron chi connectivity index (χ2n) is 11.8. The van der Waals surface area contributed by atoms with E-state index in [0.717, 1.165) is 12.0 Å². The fourth-order valence-corrected chi connectivity index (χ4v) is 7.10. The Morgan fingerprint density at radius 3 is 2.58 bits per heavy atom. The number of amides is 1. The number of aliphatic hydroxyl groups excluding tert-OH is 1.